The number of aromatic hydroxyl groups is 1. The Labute approximate surface area is 182 Å². The van der Waals surface area contributed by atoms with Crippen molar-refractivity contribution in [1.29, 1.82) is 0 Å². The van der Waals surface area contributed by atoms with Crippen LogP contribution < -0.4 is 10.6 Å². The molecule has 0 spiro atoms. The minimum Gasteiger partial charge on any atom is -0.507 e. The first-order valence-corrected chi connectivity index (χ1v) is 11.2. The van der Waals surface area contributed by atoms with Gasteiger partial charge in [0.1, 0.15) is 5.75 Å². The number of hydrogen-bond donors (Lipinski definition) is 4. The van der Waals surface area contributed by atoms with Gasteiger partial charge in [-0.3, -0.25) is 0 Å². The molecule has 1 aliphatic rings. The normalized spacial score (nSPS) is 15.8. The number of benzene rings is 1. The number of fused-ring (bicyclic) bond motifs is 1. The molecule has 2 aromatic heterocycles. The molecule has 8 nitrogen and oxygen atoms in total. The van der Waals surface area contributed by atoms with E-state index in [2.05, 4.69) is 25.2 Å². The average molecular weight is 425 g/mol. The van der Waals surface area contributed by atoms with E-state index in [0.717, 1.165) is 41.6 Å². The van der Waals surface area contributed by atoms with Crippen LogP contribution in [0.3, 0.4) is 0 Å². The second-order valence-electron chi connectivity index (χ2n) is 8.38. The minimum absolute atomic E-state index is 0.0136. The summed E-state index contributed by atoms with van der Waals surface area (Å²) in [5.74, 6) is 1.38. The van der Waals surface area contributed by atoms with E-state index < -0.39 is 0 Å². The highest BCUT2D eigenvalue weighted by molar-refractivity contribution is 5.84. The fraction of sp³-hybridized carbons (Fsp3) is 0.522. The van der Waals surface area contributed by atoms with Crippen LogP contribution in [-0.2, 0) is 6.54 Å². The SMILES string of the molecule is CCC(CO)Nc1nc(NCc2cccc(C)c2O)c2ncn(C3CCCCC3)c2n1. The highest BCUT2D eigenvalue weighted by Crippen LogP contribution is 2.32. The number of rotatable bonds is 8. The van der Waals surface area contributed by atoms with Gasteiger partial charge in [0.15, 0.2) is 17.0 Å². The van der Waals surface area contributed by atoms with Gasteiger partial charge in [0, 0.05) is 18.2 Å². The van der Waals surface area contributed by atoms with Gasteiger partial charge in [-0.25, -0.2) is 4.98 Å². The molecule has 1 aliphatic carbocycles. The van der Waals surface area contributed by atoms with Gasteiger partial charge in [0.05, 0.1) is 19.0 Å². The van der Waals surface area contributed by atoms with Gasteiger partial charge < -0.3 is 25.4 Å². The first kappa shape index (κ1) is 21.4. The van der Waals surface area contributed by atoms with E-state index in [1.54, 1.807) is 0 Å². The van der Waals surface area contributed by atoms with Gasteiger partial charge in [0.25, 0.3) is 0 Å². The Morgan fingerprint density at radius 2 is 2.00 bits per heavy atom. The van der Waals surface area contributed by atoms with Gasteiger partial charge >= 0.3 is 0 Å². The van der Waals surface area contributed by atoms with E-state index in [-0.39, 0.29) is 18.4 Å². The van der Waals surface area contributed by atoms with E-state index in [1.807, 2.05) is 38.4 Å². The molecule has 166 valence electrons. The van der Waals surface area contributed by atoms with Crippen molar-refractivity contribution < 1.29 is 10.2 Å². The molecule has 0 aliphatic heterocycles. The van der Waals surface area contributed by atoms with Crippen molar-refractivity contribution in [1.82, 2.24) is 19.5 Å². The summed E-state index contributed by atoms with van der Waals surface area (Å²) in [4.78, 5) is 14.1. The molecule has 2 heterocycles. The molecule has 0 amide bonds. The summed E-state index contributed by atoms with van der Waals surface area (Å²) >= 11 is 0. The van der Waals surface area contributed by atoms with Gasteiger partial charge in [-0.2, -0.15) is 9.97 Å². The standard InChI is InChI=1S/C23H32N6O2/c1-3-17(13-30)26-23-27-21(24-12-16-9-7-8-15(2)20(16)31)19-22(28-23)29(14-25-19)18-10-5-4-6-11-18/h7-9,14,17-18,30-31H,3-6,10-13H2,1-2H3,(H2,24,26,27,28). The van der Waals surface area contributed by atoms with Gasteiger partial charge in [-0.1, -0.05) is 44.4 Å². The van der Waals surface area contributed by atoms with E-state index in [1.165, 1.54) is 19.3 Å². The van der Waals surface area contributed by atoms with Crippen molar-refractivity contribution in [3.63, 3.8) is 0 Å². The lowest BCUT2D eigenvalue weighted by Crippen LogP contribution is -2.24. The summed E-state index contributed by atoms with van der Waals surface area (Å²) in [6.07, 6.45) is 8.63. The number of imidazole rings is 1. The summed E-state index contributed by atoms with van der Waals surface area (Å²) in [6.45, 7) is 4.33. The van der Waals surface area contributed by atoms with Crippen molar-refractivity contribution in [2.45, 2.75) is 71.0 Å². The van der Waals surface area contributed by atoms with Crippen LogP contribution in [0.1, 0.15) is 62.6 Å². The van der Waals surface area contributed by atoms with Crippen LogP contribution in [0, 0.1) is 6.92 Å². The average Bonchev–Trinajstić information content (AvgIpc) is 3.23. The summed E-state index contributed by atoms with van der Waals surface area (Å²) < 4.78 is 2.18. The van der Waals surface area contributed by atoms with E-state index in [0.29, 0.717) is 24.4 Å². The summed E-state index contributed by atoms with van der Waals surface area (Å²) in [5.41, 5.74) is 3.16. The minimum atomic E-state index is -0.114. The fourth-order valence-electron chi connectivity index (χ4n) is 4.23. The third kappa shape index (κ3) is 4.58. The van der Waals surface area contributed by atoms with Crippen LogP contribution in [0.2, 0.25) is 0 Å². The second-order valence-corrected chi connectivity index (χ2v) is 8.38. The predicted octanol–water partition coefficient (Wildman–Crippen LogP) is 4.14. The first-order valence-electron chi connectivity index (χ1n) is 11.2. The zero-order valence-corrected chi connectivity index (χ0v) is 18.3. The van der Waals surface area contributed by atoms with Crippen molar-refractivity contribution in [3.8, 4) is 5.75 Å². The number of anilines is 2. The molecule has 1 unspecified atom stereocenters. The van der Waals surface area contributed by atoms with E-state index in [9.17, 15) is 10.2 Å². The molecule has 1 fully saturated rings. The molecule has 1 atom stereocenters. The summed E-state index contributed by atoms with van der Waals surface area (Å²) in [6, 6.07) is 5.99. The number of aliphatic hydroxyl groups excluding tert-OH is 1. The van der Waals surface area contributed by atoms with Crippen LogP contribution in [-0.4, -0.2) is 42.4 Å². The molecule has 1 aromatic carbocycles. The zero-order chi connectivity index (χ0) is 21.8. The Morgan fingerprint density at radius 3 is 2.74 bits per heavy atom. The topological polar surface area (TPSA) is 108 Å². The maximum Gasteiger partial charge on any atom is 0.227 e. The lowest BCUT2D eigenvalue weighted by atomic mass is 9.95. The molecule has 8 heteroatoms. The Bertz CT molecular complexity index is 1020. The number of para-hydroxylation sites is 1. The Morgan fingerprint density at radius 1 is 1.19 bits per heavy atom. The van der Waals surface area contributed by atoms with Gasteiger partial charge in [-0.15, -0.1) is 0 Å². The number of aliphatic hydroxyl groups is 1. The molecule has 0 radical (unpaired) electrons. The number of hydrogen-bond acceptors (Lipinski definition) is 7. The van der Waals surface area contributed by atoms with Crippen LogP contribution in [0.4, 0.5) is 11.8 Å². The third-order valence-corrected chi connectivity index (χ3v) is 6.20. The number of phenolic OH excluding ortho intramolecular Hbond substituents is 1. The van der Waals surface area contributed by atoms with E-state index >= 15 is 0 Å². The predicted molar refractivity (Wildman–Crippen MR) is 122 cm³/mol. The largest absolute Gasteiger partial charge is 0.507 e. The molecular weight excluding hydrogens is 392 g/mol. The highest BCUT2D eigenvalue weighted by atomic mass is 16.3. The van der Waals surface area contributed by atoms with Gasteiger partial charge in [0.2, 0.25) is 5.95 Å². The third-order valence-electron chi connectivity index (χ3n) is 6.20. The monoisotopic (exact) mass is 424 g/mol. The fourth-order valence-corrected chi connectivity index (χ4v) is 4.23. The number of phenols is 1. The molecular formula is C23H32N6O2. The second kappa shape index (κ2) is 9.51. The van der Waals surface area contributed by atoms with Crippen LogP contribution >= 0.6 is 0 Å². The summed E-state index contributed by atoms with van der Waals surface area (Å²) in [7, 11) is 0. The van der Waals surface area contributed by atoms with Crippen molar-refractivity contribution in [3.05, 3.63) is 35.7 Å². The highest BCUT2D eigenvalue weighted by Gasteiger charge is 2.21. The Hall–Kier alpha value is -2.87. The quantitative estimate of drug-likeness (QED) is 0.430. The molecule has 0 bridgehead atoms. The lowest BCUT2D eigenvalue weighted by molar-refractivity contribution is 0.271. The zero-order valence-electron chi connectivity index (χ0n) is 18.3. The molecule has 1 saturated carbocycles. The van der Waals surface area contributed by atoms with Crippen LogP contribution in [0.5, 0.6) is 5.75 Å². The van der Waals surface area contributed by atoms with Crippen LogP contribution in [0.15, 0.2) is 24.5 Å². The molecule has 31 heavy (non-hydrogen) atoms. The molecule has 3 aromatic rings. The smallest absolute Gasteiger partial charge is 0.227 e. The number of aryl methyl sites for hydroxylation is 1. The maximum absolute atomic E-state index is 10.4. The number of aromatic nitrogens is 4. The first-order chi connectivity index (χ1) is 15.1. The van der Waals surface area contributed by atoms with Crippen molar-refractivity contribution in [2.75, 3.05) is 17.2 Å². The molecule has 4 N–H and O–H groups in total. The maximum atomic E-state index is 10.4. The molecule has 0 saturated heterocycles. The lowest BCUT2D eigenvalue weighted by Gasteiger charge is -2.23. The number of nitrogens with one attached hydrogen (secondary N) is 2. The van der Waals surface area contributed by atoms with Crippen molar-refractivity contribution >= 4 is 22.9 Å². The Balaban J connectivity index is 1.69. The van der Waals surface area contributed by atoms with E-state index in [4.69, 9.17) is 4.98 Å². The van der Waals surface area contributed by atoms with Crippen LogP contribution in [0.25, 0.3) is 11.2 Å². The van der Waals surface area contributed by atoms with Gasteiger partial charge in [-0.05, 0) is 31.7 Å². The Kier molecular flexibility index (Phi) is 6.56. The molecule has 4 rings (SSSR count). The van der Waals surface area contributed by atoms with Crippen molar-refractivity contribution in [2.24, 2.45) is 0 Å². The summed E-state index contributed by atoms with van der Waals surface area (Å²) in [5, 5.41) is 26.6. The number of nitrogens with zero attached hydrogens (tertiary/aromatic N) is 4.